The number of unbranched alkanes of at least 4 members (excludes halogenated alkanes) is 2. The lowest BCUT2D eigenvalue weighted by Gasteiger charge is -2.03. The molecule has 84 valence electrons. The molecule has 0 radical (unpaired) electrons. The Labute approximate surface area is 87.2 Å². The molecule has 3 heteroatoms. The molecule has 0 aliphatic carbocycles. The van der Waals surface area contributed by atoms with Gasteiger partial charge in [-0.1, -0.05) is 26.8 Å². The molecule has 0 atom stereocenters. The first-order chi connectivity index (χ1) is 6.63. The molecule has 0 aliphatic heterocycles. The van der Waals surface area contributed by atoms with Crippen molar-refractivity contribution in [3.8, 4) is 0 Å². The standard InChI is InChI=1S/C9H17NO2.C2H6/c1-8(2)10-7-5-3-4-6-9(11)12;1-2/h10H,1,3-7H2,2H3,(H,11,12);1-2H3. The number of carboxylic acids is 1. The lowest BCUT2D eigenvalue weighted by Crippen LogP contribution is -2.11. The van der Waals surface area contributed by atoms with Crippen LogP contribution in [0.4, 0.5) is 0 Å². The van der Waals surface area contributed by atoms with Crippen LogP contribution in [0.1, 0.15) is 46.5 Å². The van der Waals surface area contributed by atoms with Crippen molar-refractivity contribution in [2.24, 2.45) is 0 Å². The Kier molecular flexibility index (Phi) is 13.3. The second-order valence-electron chi connectivity index (χ2n) is 2.91. The second kappa shape index (κ2) is 12.0. The van der Waals surface area contributed by atoms with Crippen LogP contribution in [0.15, 0.2) is 12.3 Å². The third kappa shape index (κ3) is 17.2. The van der Waals surface area contributed by atoms with Crippen molar-refractivity contribution in [3.63, 3.8) is 0 Å². The number of nitrogens with one attached hydrogen (secondary N) is 1. The van der Waals surface area contributed by atoms with Crippen molar-refractivity contribution in [1.29, 1.82) is 0 Å². The zero-order valence-corrected chi connectivity index (χ0v) is 9.60. The van der Waals surface area contributed by atoms with Crippen LogP contribution in [0.2, 0.25) is 0 Å². The Morgan fingerprint density at radius 1 is 1.29 bits per heavy atom. The summed E-state index contributed by atoms with van der Waals surface area (Å²) < 4.78 is 0. The van der Waals surface area contributed by atoms with Gasteiger partial charge >= 0.3 is 5.97 Å². The van der Waals surface area contributed by atoms with Crippen LogP contribution in [-0.4, -0.2) is 17.6 Å². The van der Waals surface area contributed by atoms with E-state index in [0.29, 0.717) is 0 Å². The van der Waals surface area contributed by atoms with Crippen molar-refractivity contribution < 1.29 is 9.90 Å². The van der Waals surface area contributed by atoms with Crippen LogP contribution in [-0.2, 0) is 4.79 Å². The minimum absolute atomic E-state index is 0.285. The molecule has 2 N–H and O–H groups in total. The van der Waals surface area contributed by atoms with Crippen LogP contribution in [0, 0.1) is 0 Å². The summed E-state index contributed by atoms with van der Waals surface area (Å²) in [6.07, 6.45) is 3.03. The van der Waals surface area contributed by atoms with E-state index in [9.17, 15) is 4.79 Å². The summed E-state index contributed by atoms with van der Waals surface area (Å²) in [5.41, 5.74) is 0.966. The van der Waals surface area contributed by atoms with Crippen molar-refractivity contribution in [3.05, 3.63) is 12.3 Å². The molecule has 0 aromatic rings. The topological polar surface area (TPSA) is 49.3 Å². The van der Waals surface area contributed by atoms with Gasteiger partial charge in [-0.2, -0.15) is 0 Å². The highest BCUT2D eigenvalue weighted by molar-refractivity contribution is 5.66. The van der Waals surface area contributed by atoms with Gasteiger partial charge in [-0.25, -0.2) is 0 Å². The molecule has 14 heavy (non-hydrogen) atoms. The van der Waals surface area contributed by atoms with E-state index in [1.165, 1.54) is 0 Å². The second-order valence-corrected chi connectivity index (χ2v) is 2.91. The van der Waals surface area contributed by atoms with E-state index >= 15 is 0 Å². The van der Waals surface area contributed by atoms with Crippen LogP contribution >= 0.6 is 0 Å². The highest BCUT2D eigenvalue weighted by atomic mass is 16.4. The SMILES string of the molecule is C=C(C)NCCCCCC(=O)O.CC. The molecule has 0 bridgehead atoms. The number of hydrogen-bond acceptors (Lipinski definition) is 2. The van der Waals surface area contributed by atoms with Gasteiger partial charge in [0.2, 0.25) is 0 Å². The fourth-order valence-electron chi connectivity index (χ4n) is 0.880. The number of rotatable bonds is 7. The van der Waals surface area contributed by atoms with E-state index in [1.807, 2.05) is 20.8 Å². The highest BCUT2D eigenvalue weighted by Gasteiger charge is 1.95. The number of carboxylic acid groups (broad SMARTS) is 1. The van der Waals surface area contributed by atoms with Gasteiger partial charge in [-0.15, -0.1) is 0 Å². The van der Waals surface area contributed by atoms with Gasteiger partial charge in [0.15, 0.2) is 0 Å². The Morgan fingerprint density at radius 2 is 1.86 bits per heavy atom. The van der Waals surface area contributed by atoms with Crippen molar-refractivity contribution >= 4 is 5.97 Å². The minimum atomic E-state index is -0.706. The quantitative estimate of drug-likeness (QED) is 0.623. The summed E-state index contributed by atoms with van der Waals surface area (Å²) in [7, 11) is 0. The van der Waals surface area contributed by atoms with E-state index in [2.05, 4.69) is 11.9 Å². The van der Waals surface area contributed by atoms with Crippen LogP contribution in [0.3, 0.4) is 0 Å². The van der Waals surface area contributed by atoms with E-state index in [1.54, 1.807) is 0 Å². The fourth-order valence-corrected chi connectivity index (χ4v) is 0.880. The fraction of sp³-hybridized carbons (Fsp3) is 0.727. The summed E-state index contributed by atoms with van der Waals surface area (Å²) in [6.45, 7) is 10.5. The zero-order chi connectivity index (χ0) is 11.4. The Bertz CT molecular complexity index is 137. The third-order valence-corrected chi connectivity index (χ3v) is 1.49. The molecule has 0 saturated carbocycles. The van der Waals surface area contributed by atoms with Gasteiger partial charge in [-0.3, -0.25) is 4.79 Å². The van der Waals surface area contributed by atoms with Crippen molar-refractivity contribution in [2.45, 2.75) is 46.5 Å². The highest BCUT2D eigenvalue weighted by Crippen LogP contribution is 1.98. The largest absolute Gasteiger partial charge is 0.481 e. The number of aliphatic carboxylic acids is 1. The van der Waals surface area contributed by atoms with Crippen LogP contribution in [0.25, 0.3) is 0 Å². The first-order valence-corrected chi connectivity index (χ1v) is 5.24. The van der Waals surface area contributed by atoms with Gasteiger partial charge in [0.1, 0.15) is 0 Å². The molecule has 0 spiro atoms. The number of carbonyl (C=O) groups is 1. The monoisotopic (exact) mass is 201 g/mol. The van der Waals surface area contributed by atoms with Crippen molar-refractivity contribution in [2.75, 3.05) is 6.54 Å². The van der Waals surface area contributed by atoms with Gasteiger partial charge < -0.3 is 10.4 Å². The van der Waals surface area contributed by atoms with E-state index in [4.69, 9.17) is 5.11 Å². The Morgan fingerprint density at radius 3 is 2.29 bits per heavy atom. The summed E-state index contributed by atoms with van der Waals surface area (Å²) in [4.78, 5) is 10.1. The molecule has 0 amide bonds. The number of hydrogen-bond donors (Lipinski definition) is 2. The first kappa shape index (κ1) is 15.5. The molecular weight excluding hydrogens is 178 g/mol. The van der Waals surface area contributed by atoms with Gasteiger partial charge in [-0.05, 0) is 19.8 Å². The molecule has 0 rings (SSSR count). The number of allylic oxidation sites excluding steroid dienone is 1. The zero-order valence-electron chi connectivity index (χ0n) is 9.60. The maximum Gasteiger partial charge on any atom is 0.303 e. The van der Waals surface area contributed by atoms with E-state index in [-0.39, 0.29) is 6.42 Å². The van der Waals surface area contributed by atoms with Gasteiger partial charge in [0.25, 0.3) is 0 Å². The van der Waals surface area contributed by atoms with Crippen LogP contribution in [0.5, 0.6) is 0 Å². The minimum Gasteiger partial charge on any atom is -0.481 e. The maximum atomic E-state index is 10.1. The molecular formula is C11H23NO2. The average molecular weight is 201 g/mol. The molecule has 3 nitrogen and oxygen atoms in total. The molecule has 0 aromatic carbocycles. The normalized spacial score (nSPS) is 8.50. The molecule has 0 aromatic heterocycles. The molecule has 0 heterocycles. The van der Waals surface area contributed by atoms with Gasteiger partial charge in [0, 0.05) is 18.7 Å². The molecule has 0 aliphatic rings. The molecule has 0 saturated heterocycles. The molecule has 0 unspecified atom stereocenters. The maximum absolute atomic E-state index is 10.1. The summed E-state index contributed by atoms with van der Waals surface area (Å²) in [6, 6.07) is 0. The Hall–Kier alpha value is -0.990. The summed E-state index contributed by atoms with van der Waals surface area (Å²) >= 11 is 0. The predicted octanol–water partition coefficient (Wildman–Crippen LogP) is 2.78. The van der Waals surface area contributed by atoms with E-state index in [0.717, 1.165) is 31.5 Å². The summed E-state index contributed by atoms with van der Waals surface area (Å²) in [5, 5.41) is 11.4. The lowest BCUT2D eigenvalue weighted by atomic mass is 10.2. The molecule has 0 fully saturated rings. The summed E-state index contributed by atoms with van der Waals surface area (Å²) in [5.74, 6) is -0.706. The Balaban J connectivity index is 0. The smallest absolute Gasteiger partial charge is 0.303 e. The van der Waals surface area contributed by atoms with Crippen molar-refractivity contribution in [1.82, 2.24) is 5.32 Å². The third-order valence-electron chi connectivity index (χ3n) is 1.49. The van der Waals surface area contributed by atoms with Gasteiger partial charge in [0.05, 0.1) is 0 Å². The lowest BCUT2D eigenvalue weighted by molar-refractivity contribution is -0.137. The average Bonchev–Trinajstić information content (AvgIpc) is 2.13. The van der Waals surface area contributed by atoms with Crippen LogP contribution < -0.4 is 5.32 Å². The van der Waals surface area contributed by atoms with E-state index < -0.39 is 5.97 Å². The predicted molar refractivity (Wildman–Crippen MR) is 60.3 cm³/mol. The first-order valence-electron chi connectivity index (χ1n) is 5.24.